The average Bonchev–Trinajstić information content (AvgIpc) is 1.36. The molecule has 0 radical (unpaired) electrons. The second-order valence-corrected chi connectivity index (χ2v) is 1.40. The minimum atomic E-state index is -0.287. The van der Waals surface area contributed by atoms with Crippen LogP contribution < -0.4 is 5.73 Å². The van der Waals surface area contributed by atoms with Crippen LogP contribution in [0.1, 0.15) is 13.8 Å². The lowest BCUT2D eigenvalue weighted by molar-refractivity contribution is -0.117. The molecule has 0 aliphatic carbocycles. The SMILES string of the molecule is C[C@H]([15NH2])[13C](C)=O. The van der Waals surface area contributed by atoms with Gasteiger partial charge < -0.3 is 5.73 Å². The van der Waals surface area contributed by atoms with Gasteiger partial charge in [0.2, 0.25) is 0 Å². The molecule has 0 aromatic carbocycles. The van der Waals surface area contributed by atoms with Crippen LogP contribution in [0.3, 0.4) is 0 Å². The largest absolute Gasteiger partial charge is 0.322 e. The number of ketones is 1. The quantitative estimate of drug-likeness (QED) is 0.360. The summed E-state index contributed by atoms with van der Waals surface area (Å²) in [5.41, 5.74) is 5.09. The van der Waals surface area contributed by atoms with Crippen molar-refractivity contribution in [1.82, 2.24) is 0 Å². The van der Waals surface area contributed by atoms with Gasteiger partial charge in [-0.25, -0.2) is 0 Å². The third-order valence-electron chi connectivity index (χ3n) is 0.641. The van der Waals surface area contributed by atoms with E-state index in [0.29, 0.717) is 0 Å². The van der Waals surface area contributed by atoms with Crippen LogP contribution in [0.4, 0.5) is 0 Å². The molecule has 0 unspecified atom stereocenters. The van der Waals surface area contributed by atoms with Gasteiger partial charge in [0.15, 0.2) is 0 Å². The predicted molar refractivity (Wildman–Crippen MR) is 24.3 cm³/mol. The van der Waals surface area contributed by atoms with Gasteiger partial charge in [0.25, 0.3) is 0 Å². The van der Waals surface area contributed by atoms with Crippen molar-refractivity contribution in [2.75, 3.05) is 0 Å². The first-order chi connectivity index (χ1) is 2.64. The molecule has 0 amide bonds. The second kappa shape index (κ2) is 1.92. The number of hydrogen-bond acceptors (Lipinski definition) is 2. The van der Waals surface area contributed by atoms with E-state index in [4.69, 9.17) is 5.73 Å². The third kappa shape index (κ3) is 1.91. The topological polar surface area (TPSA) is 43.1 Å². The number of rotatable bonds is 1. The van der Waals surface area contributed by atoms with E-state index >= 15 is 0 Å². The summed E-state index contributed by atoms with van der Waals surface area (Å²) in [4.78, 5) is 10.0. The Hall–Kier alpha value is -0.370. The Labute approximate surface area is 37.3 Å². The van der Waals surface area contributed by atoms with Gasteiger partial charge in [-0.05, 0) is 13.8 Å². The van der Waals surface area contributed by atoms with Gasteiger partial charge in [-0.1, -0.05) is 0 Å². The van der Waals surface area contributed by atoms with Gasteiger partial charge in [0.05, 0.1) is 6.04 Å². The van der Waals surface area contributed by atoms with E-state index < -0.39 is 0 Å². The summed E-state index contributed by atoms with van der Waals surface area (Å²) >= 11 is 0. The summed E-state index contributed by atoms with van der Waals surface area (Å²) in [6.07, 6.45) is 0. The Balaban J connectivity index is 3.26. The maximum absolute atomic E-state index is 10.0. The molecule has 0 spiro atoms. The van der Waals surface area contributed by atoms with Crippen molar-refractivity contribution in [3.05, 3.63) is 0 Å². The zero-order chi connectivity index (χ0) is 5.15. The van der Waals surface area contributed by atoms with Crippen LogP contribution in [0, 0.1) is 0 Å². The van der Waals surface area contributed by atoms with Crippen LogP contribution in [0.2, 0.25) is 0 Å². The zero-order valence-electron chi connectivity index (χ0n) is 4.06. The number of nitrogens with two attached hydrogens (primary N) is 1. The second-order valence-electron chi connectivity index (χ2n) is 1.40. The fourth-order valence-corrected chi connectivity index (χ4v) is 0. The molecule has 0 aromatic rings. The van der Waals surface area contributed by atoms with Crippen molar-refractivity contribution in [1.29, 1.82) is 0 Å². The van der Waals surface area contributed by atoms with E-state index in [1.54, 1.807) is 6.92 Å². The molecule has 0 bridgehead atoms. The highest BCUT2D eigenvalue weighted by molar-refractivity contribution is 5.80. The highest BCUT2D eigenvalue weighted by Gasteiger charge is 1.95. The van der Waals surface area contributed by atoms with Gasteiger partial charge in [-0.3, -0.25) is 4.79 Å². The van der Waals surface area contributed by atoms with Crippen LogP contribution in [-0.2, 0) is 4.79 Å². The molecule has 0 aromatic heterocycles. The highest BCUT2D eigenvalue weighted by atomic mass is 16.2. The minimum Gasteiger partial charge on any atom is -0.322 e. The van der Waals surface area contributed by atoms with Crippen molar-refractivity contribution in [3.63, 3.8) is 0 Å². The normalized spacial score (nSPS) is 13.8. The van der Waals surface area contributed by atoms with Gasteiger partial charge in [0.1, 0.15) is 5.78 Å². The van der Waals surface area contributed by atoms with Gasteiger partial charge in [-0.2, -0.15) is 0 Å². The van der Waals surface area contributed by atoms with E-state index in [1.807, 2.05) is 0 Å². The molecule has 0 aliphatic rings. The Morgan fingerprint density at radius 1 is 1.83 bits per heavy atom. The molecule has 2 heteroatoms. The summed E-state index contributed by atoms with van der Waals surface area (Å²) in [6, 6.07) is -0.287. The average molecular weight is 89.1 g/mol. The lowest BCUT2D eigenvalue weighted by Gasteiger charge is -1.91. The maximum Gasteiger partial charge on any atom is 0.146 e. The molecule has 2 N–H and O–H groups in total. The van der Waals surface area contributed by atoms with Crippen LogP contribution >= 0.6 is 0 Å². The molecule has 0 heterocycles. The molecule has 6 heavy (non-hydrogen) atoms. The predicted octanol–water partition coefficient (Wildman–Crippen LogP) is -0.0774. The molecule has 2 nitrogen and oxygen atoms in total. The van der Waals surface area contributed by atoms with Crippen molar-refractivity contribution in [2.45, 2.75) is 19.9 Å². The van der Waals surface area contributed by atoms with Crippen molar-refractivity contribution in [2.24, 2.45) is 5.73 Å². The highest BCUT2D eigenvalue weighted by Crippen LogP contribution is 1.72. The third-order valence-corrected chi connectivity index (χ3v) is 0.641. The lowest BCUT2D eigenvalue weighted by atomic mass is 10.5. The first-order valence-electron chi connectivity index (χ1n) is 1.90. The van der Waals surface area contributed by atoms with Crippen LogP contribution in [-0.4, -0.2) is 11.8 Å². The molecule has 0 aliphatic heterocycles. The summed E-state index contributed by atoms with van der Waals surface area (Å²) < 4.78 is 0. The van der Waals surface area contributed by atoms with E-state index in [1.165, 1.54) is 6.92 Å². The smallest absolute Gasteiger partial charge is 0.146 e. The summed E-state index contributed by atoms with van der Waals surface area (Å²) in [5, 5.41) is 0. The Bertz CT molecular complexity index is 58.6. The molecule has 36 valence electrons. The Kier molecular flexibility index (Phi) is 1.81. The van der Waals surface area contributed by atoms with Gasteiger partial charge >= 0.3 is 0 Å². The molecular formula is C4H9NO. The molecule has 0 rings (SSSR count). The molecule has 1 atom stereocenters. The number of carbonyl (C=O) groups is 1. The monoisotopic (exact) mass is 89.1 g/mol. The van der Waals surface area contributed by atoms with Gasteiger partial charge in [0, 0.05) is 0 Å². The minimum absolute atomic E-state index is 0.0370. The van der Waals surface area contributed by atoms with E-state index in [0.717, 1.165) is 0 Å². The van der Waals surface area contributed by atoms with Crippen LogP contribution in [0.5, 0.6) is 0 Å². The number of carbonyl (C=O) groups excluding carboxylic acids is 1. The number of Topliss-reactive ketones (excluding diaryl/α,β-unsaturated/α-hetero) is 1. The van der Waals surface area contributed by atoms with Gasteiger partial charge in [-0.15, -0.1) is 0 Å². The first-order valence-corrected chi connectivity index (χ1v) is 1.90. The summed E-state index contributed by atoms with van der Waals surface area (Å²) in [6.45, 7) is 3.15. The fraction of sp³-hybridized carbons (Fsp3) is 0.750. The standard InChI is InChI=1S/C4H9NO/c1-3(5)4(2)6/h3H,5H2,1-2H3/t3-/m0/s1/i4+1,5+1. The van der Waals surface area contributed by atoms with E-state index in [2.05, 4.69) is 0 Å². The molecular weight excluding hydrogens is 80.0 g/mol. The molecule has 0 fully saturated rings. The lowest BCUT2D eigenvalue weighted by Crippen LogP contribution is -2.23. The first kappa shape index (κ1) is 5.63. The van der Waals surface area contributed by atoms with Crippen LogP contribution in [0.15, 0.2) is 0 Å². The molecule has 0 saturated heterocycles. The van der Waals surface area contributed by atoms with Crippen LogP contribution in [0.25, 0.3) is 0 Å². The number of hydrogen-bond donors (Lipinski definition) is 1. The van der Waals surface area contributed by atoms with E-state index in [9.17, 15) is 4.79 Å². The Morgan fingerprint density at radius 2 is 2.00 bits per heavy atom. The van der Waals surface area contributed by atoms with Crippen molar-refractivity contribution >= 4 is 5.78 Å². The Morgan fingerprint density at radius 3 is 2.00 bits per heavy atom. The van der Waals surface area contributed by atoms with Crippen molar-refractivity contribution in [3.8, 4) is 0 Å². The van der Waals surface area contributed by atoms with E-state index in [-0.39, 0.29) is 11.8 Å². The molecule has 0 saturated carbocycles. The summed E-state index contributed by atoms with van der Waals surface area (Å²) in [7, 11) is 0. The summed E-state index contributed by atoms with van der Waals surface area (Å²) in [5.74, 6) is 0.0370. The maximum atomic E-state index is 10.0. The zero-order valence-corrected chi connectivity index (χ0v) is 4.06. The fourth-order valence-electron chi connectivity index (χ4n) is 0. The van der Waals surface area contributed by atoms with Crippen molar-refractivity contribution < 1.29 is 4.79 Å².